The van der Waals surface area contributed by atoms with E-state index in [1.165, 1.54) is 44.1 Å². The van der Waals surface area contributed by atoms with Crippen molar-refractivity contribution < 1.29 is 43.9 Å². The molecular formula is C55H84N2O9. The van der Waals surface area contributed by atoms with Gasteiger partial charge in [0.1, 0.15) is 28.9 Å². The van der Waals surface area contributed by atoms with Crippen molar-refractivity contribution in [2.24, 2.45) is 22.9 Å². The zero-order chi connectivity index (χ0) is 47.5. The van der Waals surface area contributed by atoms with Crippen LogP contribution >= 0.6 is 0 Å². The van der Waals surface area contributed by atoms with Crippen molar-refractivity contribution >= 4 is 11.6 Å². The Morgan fingerprint density at radius 3 is 2.21 bits per heavy atom. The van der Waals surface area contributed by atoms with Crippen molar-refractivity contribution in [3.8, 4) is 17.2 Å². The molecule has 66 heavy (non-hydrogen) atoms. The van der Waals surface area contributed by atoms with Gasteiger partial charge in [-0.15, -0.1) is 6.58 Å². The first kappa shape index (κ1) is 53.2. The number of aliphatic hydroxyl groups excluding tert-OH is 3. The molecular weight excluding hydrogens is 833 g/mol. The molecule has 0 saturated heterocycles. The first-order valence-electron chi connectivity index (χ1n) is 25.4. The highest BCUT2D eigenvalue weighted by atomic mass is 16.7. The number of nitrogens with zero attached hydrogens (tertiary/aromatic N) is 2. The van der Waals surface area contributed by atoms with Gasteiger partial charge in [0.15, 0.2) is 0 Å². The van der Waals surface area contributed by atoms with Crippen LogP contribution in [0.25, 0.3) is 0 Å². The highest BCUT2D eigenvalue weighted by molar-refractivity contribution is 6.03. The van der Waals surface area contributed by atoms with E-state index in [9.17, 15) is 20.1 Å². The molecule has 1 amide bonds. The predicted octanol–water partition coefficient (Wildman–Crippen LogP) is 11.3. The molecule has 5 rings (SSSR count). The van der Waals surface area contributed by atoms with E-state index in [2.05, 4.69) is 51.6 Å². The van der Waals surface area contributed by atoms with Crippen LogP contribution in [0, 0.1) is 31.6 Å². The van der Waals surface area contributed by atoms with Crippen LogP contribution in [-0.2, 0) is 19.1 Å². The SMILES string of the molecule is C=CCOC12Oc3ccc(Oc4ccc(C)c(C)c4)cc3C3C(CCCCO)C(CCCCO)C=C(C(=NOC(C)(C)C)CC1N(CCOCCO)C(=O)CCCCCCCCCCC)C32. The Morgan fingerprint density at radius 2 is 1.55 bits per heavy atom. The van der Waals surface area contributed by atoms with E-state index in [-0.39, 0.29) is 69.8 Å². The monoisotopic (exact) mass is 917 g/mol. The molecule has 368 valence electrons. The summed E-state index contributed by atoms with van der Waals surface area (Å²) in [5.74, 6) is 0.323. The quantitative estimate of drug-likeness (QED) is 0.0397. The molecule has 0 radical (unpaired) electrons. The van der Waals surface area contributed by atoms with Gasteiger partial charge in [0, 0.05) is 44.1 Å². The van der Waals surface area contributed by atoms with E-state index in [4.69, 9.17) is 28.9 Å². The lowest BCUT2D eigenvalue weighted by atomic mass is 9.55. The van der Waals surface area contributed by atoms with Crippen LogP contribution in [0.2, 0.25) is 0 Å². The average Bonchev–Trinajstić information content (AvgIpc) is 3.29. The maximum Gasteiger partial charge on any atom is 0.239 e. The number of hydrogen-bond acceptors (Lipinski definition) is 10. The second kappa shape index (κ2) is 26.7. The van der Waals surface area contributed by atoms with Crippen LogP contribution in [-0.4, -0.2) is 95.5 Å². The van der Waals surface area contributed by atoms with Crippen molar-refractivity contribution in [3.05, 3.63) is 77.4 Å². The molecule has 0 spiro atoms. The molecule has 11 heteroatoms. The van der Waals surface area contributed by atoms with Crippen molar-refractivity contribution in [3.63, 3.8) is 0 Å². The molecule has 3 aliphatic rings. The lowest BCUT2D eigenvalue weighted by Crippen LogP contribution is -2.70. The standard InChI is InChI=1S/C55H84N2O9/c1-8-10-11-12-13-14-15-16-17-24-51(61)57(29-34-62-35-32-60)50-39-48(56-66-54(5,6)7)46-37-42(22-18-20-30-58)45(23-19-21-31-59)52-47-38-44(64-43-26-25-40(3)41(4)36-43)27-28-49(47)65-55(50,53(46)52)63-33-9-2/h9,25-28,36-38,42,45,50,52-53,58-60H,2,8,10-24,29-35,39H2,1,3-7H3. The number of carbonyl (C=O) groups excluding carboxylic acids is 1. The van der Waals surface area contributed by atoms with Crippen molar-refractivity contribution in [1.29, 1.82) is 0 Å². The van der Waals surface area contributed by atoms with Gasteiger partial charge < -0.3 is 44.0 Å². The number of fused-ring (bicyclic) bond motifs is 2. The Bertz CT molecular complexity index is 1870. The Morgan fingerprint density at radius 1 is 0.864 bits per heavy atom. The molecule has 2 aromatic carbocycles. The second-order valence-corrected chi connectivity index (χ2v) is 19.8. The van der Waals surface area contributed by atoms with Crippen LogP contribution in [0.1, 0.15) is 159 Å². The summed E-state index contributed by atoms with van der Waals surface area (Å²) in [6.45, 7) is 17.4. The first-order valence-corrected chi connectivity index (χ1v) is 25.4. The van der Waals surface area contributed by atoms with Crippen LogP contribution in [0.4, 0.5) is 0 Å². The van der Waals surface area contributed by atoms with Crippen LogP contribution < -0.4 is 9.47 Å². The Hall–Kier alpha value is -3.74. The molecule has 3 N–H and O–H groups in total. The fourth-order valence-corrected chi connectivity index (χ4v) is 10.3. The summed E-state index contributed by atoms with van der Waals surface area (Å²) >= 11 is 0. The van der Waals surface area contributed by atoms with E-state index >= 15 is 0 Å². The van der Waals surface area contributed by atoms with Crippen molar-refractivity contribution in [1.82, 2.24) is 4.90 Å². The van der Waals surface area contributed by atoms with Crippen molar-refractivity contribution in [2.45, 2.75) is 174 Å². The first-order chi connectivity index (χ1) is 31.9. The molecule has 1 saturated carbocycles. The summed E-state index contributed by atoms with van der Waals surface area (Å²) in [6, 6.07) is 11.6. The topological polar surface area (TPSA) is 140 Å². The van der Waals surface area contributed by atoms with Gasteiger partial charge in [-0.1, -0.05) is 94.5 Å². The van der Waals surface area contributed by atoms with Gasteiger partial charge in [-0.25, -0.2) is 0 Å². The molecule has 2 aliphatic carbocycles. The summed E-state index contributed by atoms with van der Waals surface area (Å²) in [5, 5.41) is 34.7. The summed E-state index contributed by atoms with van der Waals surface area (Å²) in [4.78, 5) is 23.2. The summed E-state index contributed by atoms with van der Waals surface area (Å²) in [7, 11) is 0. The minimum atomic E-state index is -1.37. The second-order valence-electron chi connectivity index (χ2n) is 19.8. The lowest BCUT2D eigenvalue weighted by Gasteiger charge is -2.60. The fourth-order valence-electron chi connectivity index (χ4n) is 10.3. The number of oxime groups is 1. The highest BCUT2D eigenvalue weighted by Gasteiger charge is 2.65. The number of amides is 1. The van der Waals surface area contributed by atoms with Gasteiger partial charge in [0.2, 0.25) is 11.7 Å². The number of aryl methyl sites for hydroxylation is 2. The number of aliphatic hydroxyl groups is 3. The molecule has 0 bridgehead atoms. The molecule has 1 fully saturated rings. The normalized spacial score (nSPS) is 22.8. The maximum atomic E-state index is 15.0. The van der Waals surface area contributed by atoms with Gasteiger partial charge >= 0.3 is 0 Å². The predicted molar refractivity (Wildman–Crippen MR) is 263 cm³/mol. The fraction of sp³-hybridized carbons (Fsp3) is 0.673. The maximum absolute atomic E-state index is 15.0. The van der Waals surface area contributed by atoms with Crippen LogP contribution in [0.15, 0.2) is 65.9 Å². The van der Waals surface area contributed by atoms with E-state index < -0.39 is 23.3 Å². The molecule has 1 aliphatic heterocycles. The highest BCUT2D eigenvalue weighted by Crippen LogP contribution is 2.62. The minimum absolute atomic E-state index is 0.000845. The number of carbonyl (C=O) groups is 1. The average molecular weight is 917 g/mol. The van der Waals surface area contributed by atoms with Gasteiger partial charge in [-0.2, -0.15) is 0 Å². The third kappa shape index (κ3) is 14.4. The number of hydrogen-bond donors (Lipinski definition) is 3. The lowest BCUT2D eigenvalue weighted by molar-refractivity contribution is -0.258. The van der Waals surface area contributed by atoms with Crippen molar-refractivity contribution in [2.75, 3.05) is 46.2 Å². The largest absolute Gasteiger partial charge is 0.459 e. The number of unbranched alkanes of at least 4 members (excludes halogenated alkanes) is 10. The Kier molecular flexibility index (Phi) is 21.5. The minimum Gasteiger partial charge on any atom is -0.459 e. The number of rotatable bonds is 30. The van der Waals surface area contributed by atoms with E-state index in [1.807, 2.05) is 43.9 Å². The smallest absolute Gasteiger partial charge is 0.239 e. The van der Waals surface area contributed by atoms with Gasteiger partial charge in [0.05, 0.1) is 38.1 Å². The number of allylic oxidation sites excluding steroid dienone is 1. The number of ether oxygens (including phenoxy) is 4. The Balaban J connectivity index is 1.68. The van der Waals surface area contributed by atoms with Gasteiger partial charge in [0.25, 0.3) is 0 Å². The van der Waals surface area contributed by atoms with E-state index in [0.717, 1.165) is 73.1 Å². The molecule has 2 aromatic rings. The van der Waals surface area contributed by atoms with E-state index in [0.29, 0.717) is 37.2 Å². The molecule has 0 aromatic heterocycles. The Labute approximate surface area is 397 Å². The van der Waals surface area contributed by atoms with Gasteiger partial charge in [-0.3, -0.25) is 4.79 Å². The summed E-state index contributed by atoms with van der Waals surface area (Å²) in [6.07, 6.45) is 19.9. The third-order valence-corrected chi connectivity index (χ3v) is 13.7. The van der Waals surface area contributed by atoms with Crippen LogP contribution in [0.3, 0.4) is 0 Å². The molecule has 6 unspecified atom stereocenters. The summed E-state index contributed by atoms with van der Waals surface area (Å²) in [5.41, 5.74) is 4.50. The van der Waals surface area contributed by atoms with Gasteiger partial charge in [-0.05, 0) is 126 Å². The van der Waals surface area contributed by atoms with Crippen LogP contribution in [0.5, 0.6) is 17.2 Å². The number of benzene rings is 2. The summed E-state index contributed by atoms with van der Waals surface area (Å²) < 4.78 is 27.2. The molecule has 6 atom stereocenters. The van der Waals surface area contributed by atoms with E-state index in [1.54, 1.807) is 6.08 Å². The molecule has 1 heterocycles. The zero-order valence-electron chi connectivity index (χ0n) is 41.4. The third-order valence-electron chi connectivity index (χ3n) is 13.7. The molecule has 11 nitrogen and oxygen atoms in total. The zero-order valence-corrected chi connectivity index (χ0v) is 41.4.